The number of nitrogens with zero attached hydrogens (tertiary/aromatic N) is 3. The van der Waals surface area contributed by atoms with Gasteiger partial charge >= 0.3 is 0 Å². The van der Waals surface area contributed by atoms with Crippen molar-refractivity contribution in [1.29, 1.82) is 0 Å². The summed E-state index contributed by atoms with van der Waals surface area (Å²) in [5.41, 5.74) is 2.72. The van der Waals surface area contributed by atoms with Gasteiger partial charge < -0.3 is 15.5 Å². The Morgan fingerprint density at radius 3 is 2.41 bits per heavy atom. The molecule has 0 bridgehead atoms. The molecule has 7 heteroatoms. The molecule has 0 spiro atoms. The van der Waals surface area contributed by atoms with Crippen LogP contribution in [0.15, 0.2) is 52.2 Å². The summed E-state index contributed by atoms with van der Waals surface area (Å²) in [6.45, 7) is 8.79. The number of piperazine rings is 1. The molecule has 3 rings (SSSR count). The maximum absolute atomic E-state index is 4.30. The van der Waals surface area contributed by atoms with E-state index >= 15 is 0 Å². The normalized spacial score (nSPS) is 15.7. The minimum absolute atomic E-state index is 0. The number of unbranched alkanes of at least 4 members (excludes halogenated alkanes) is 1. The van der Waals surface area contributed by atoms with Gasteiger partial charge in [0.15, 0.2) is 5.96 Å². The zero-order chi connectivity index (χ0) is 19.4. The van der Waals surface area contributed by atoms with Crippen molar-refractivity contribution in [2.24, 2.45) is 4.99 Å². The lowest BCUT2D eigenvalue weighted by Crippen LogP contribution is -2.46. The van der Waals surface area contributed by atoms with Crippen LogP contribution in [0.25, 0.3) is 0 Å². The monoisotopic (exact) mass is 527 g/mol. The van der Waals surface area contributed by atoms with Crippen LogP contribution in [-0.4, -0.2) is 62.1 Å². The molecule has 160 valence electrons. The Balaban J connectivity index is 0.00000300. The molecule has 0 saturated carbocycles. The van der Waals surface area contributed by atoms with Crippen molar-refractivity contribution >= 4 is 41.3 Å². The molecular weight excluding hydrogens is 493 g/mol. The molecule has 1 aliphatic rings. The van der Waals surface area contributed by atoms with Crippen LogP contribution in [0.1, 0.15) is 24.0 Å². The lowest BCUT2D eigenvalue weighted by Gasteiger charge is -2.34. The Kier molecular flexibility index (Phi) is 11.6. The summed E-state index contributed by atoms with van der Waals surface area (Å²) in [4.78, 5) is 9.47. The van der Waals surface area contributed by atoms with Gasteiger partial charge in [0, 0.05) is 52.9 Å². The van der Waals surface area contributed by atoms with Crippen LogP contribution in [0.3, 0.4) is 0 Å². The average Bonchev–Trinajstić information content (AvgIpc) is 3.26. The number of nitrogens with one attached hydrogen (secondary N) is 2. The average molecular weight is 528 g/mol. The molecule has 2 heterocycles. The molecule has 1 fully saturated rings. The van der Waals surface area contributed by atoms with Crippen LogP contribution in [-0.2, 0) is 13.1 Å². The number of hydrogen-bond donors (Lipinski definition) is 2. The second kappa shape index (κ2) is 14.0. The molecule has 0 aliphatic carbocycles. The Hall–Kier alpha value is -1.16. The van der Waals surface area contributed by atoms with Gasteiger partial charge in [-0.05, 0) is 47.3 Å². The molecule has 0 unspecified atom stereocenters. The number of benzene rings is 1. The summed E-state index contributed by atoms with van der Waals surface area (Å²) >= 11 is 1.73. The van der Waals surface area contributed by atoms with Crippen LogP contribution < -0.4 is 10.6 Å². The number of rotatable bonds is 9. The first-order valence-corrected chi connectivity index (χ1v) is 11.2. The van der Waals surface area contributed by atoms with Crippen LogP contribution in [0, 0.1) is 0 Å². The largest absolute Gasteiger partial charge is 0.356 e. The zero-order valence-electron chi connectivity index (χ0n) is 17.3. The first kappa shape index (κ1) is 24.1. The van der Waals surface area contributed by atoms with E-state index < -0.39 is 0 Å². The summed E-state index contributed by atoms with van der Waals surface area (Å²) in [6.07, 6.45) is 2.40. The van der Waals surface area contributed by atoms with Crippen LogP contribution in [0.4, 0.5) is 0 Å². The molecule has 0 radical (unpaired) electrons. The SMILES string of the molecule is CN=C(NCCCCN1CCN(Cc2ccccc2)CC1)NCc1ccsc1.I. The van der Waals surface area contributed by atoms with Gasteiger partial charge in [-0.25, -0.2) is 0 Å². The fraction of sp³-hybridized carbons (Fsp3) is 0.500. The van der Waals surface area contributed by atoms with Crippen molar-refractivity contribution in [2.45, 2.75) is 25.9 Å². The molecule has 2 aromatic rings. The highest BCUT2D eigenvalue weighted by atomic mass is 127. The first-order valence-electron chi connectivity index (χ1n) is 10.3. The Bertz CT molecular complexity index is 684. The predicted molar refractivity (Wildman–Crippen MR) is 135 cm³/mol. The van der Waals surface area contributed by atoms with Crippen molar-refractivity contribution in [1.82, 2.24) is 20.4 Å². The van der Waals surface area contributed by atoms with E-state index in [1.54, 1.807) is 11.3 Å². The van der Waals surface area contributed by atoms with E-state index in [0.29, 0.717) is 0 Å². The summed E-state index contributed by atoms with van der Waals surface area (Å²) in [7, 11) is 1.83. The smallest absolute Gasteiger partial charge is 0.191 e. The van der Waals surface area contributed by atoms with Gasteiger partial charge in [-0.1, -0.05) is 30.3 Å². The maximum atomic E-state index is 4.30. The lowest BCUT2D eigenvalue weighted by atomic mass is 10.2. The van der Waals surface area contributed by atoms with Gasteiger partial charge in [0.05, 0.1) is 0 Å². The maximum Gasteiger partial charge on any atom is 0.191 e. The highest BCUT2D eigenvalue weighted by Crippen LogP contribution is 2.09. The predicted octanol–water partition coefficient (Wildman–Crippen LogP) is 3.63. The quantitative estimate of drug-likeness (QED) is 0.226. The third-order valence-electron chi connectivity index (χ3n) is 5.17. The molecule has 2 N–H and O–H groups in total. The van der Waals surface area contributed by atoms with Gasteiger partial charge in [-0.15, -0.1) is 24.0 Å². The summed E-state index contributed by atoms with van der Waals surface area (Å²) < 4.78 is 0. The molecule has 1 aromatic heterocycles. The number of thiophene rings is 1. The lowest BCUT2D eigenvalue weighted by molar-refractivity contribution is 0.126. The highest BCUT2D eigenvalue weighted by Gasteiger charge is 2.16. The number of guanidine groups is 1. The van der Waals surface area contributed by atoms with E-state index in [0.717, 1.165) is 25.6 Å². The molecule has 0 atom stereocenters. The topological polar surface area (TPSA) is 42.9 Å². The minimum atomic E-state index is 0. The second-order valence-electron chi connectivity index (χ2n) is 7.29. The summed E-state index contributed by atoms with van der Waals surface area (Å²) in [6, 6.07) is 12.9. The Morgan fingerprint density at radius 2 is 1.72 bits per heavy atom. The fourth-order valence-corrected chi connectivity index (χ4v) is 4.15. The zero-order valence-corrected chi connectivity index (χ0v) is 20.5. The molecule has 1 aromatic carbocycles. The molecule has 1 aliphatic heterocycles. The fourth-order valence-electron chi connectivity index (χ4n) is 3.48. The number of aliphatic imine (C=N–C) groups is 1. The highest BCUT2D eigenvalue weighted by molar-refractivity contribution is 14.0. The van der Waals surface area contributed by atoms with E-state index in [4.69, 9.17) is 0 Å². The van der Waals surface area contributed by atoms with Gasteiger partial charge in [-0.2, -0.15) is 11.3 Å². The molecule has 29 heavy (non-hydrogen) atoms. The minimum Gasteiger partial charge on any atom is -0.356 e. The van der Waals surface area contributed by atoms with Gasteiger partial charge in [0.1, 0.15) is 0 Å². The van der Waals surface area contributed by atoms with Crippen molar-refractivity contribution in [2.75, 3.05) is 46.3 Å². The van der Waals surface area contributed by atoms with E-state index in [9.17, 15) is 0 Å². The Morgan fingerprint density at radius 1 is 0.966 bits per heavy atom. The third kappa shape index (κ3) is 9.02. The standard InChI is InChI=1S/C22H33N5S.HI/c1-23-22(25-17-21-9-16-28-19-21)24-10-5-6-11-26-12-14-27(15-13-26)18-20-7-3-2-4-8-20;/h2-4,7-9,16,19H,5-6,10-15,17-18H2,1H3,(H2,23,24,25);1H. The number of halogens is 1. The molecule has 1 saturated heterocycles. The van der Waals surface area contributed by atoms with Crippen LogP contribution in [0.5, 0.6) is 0 Å². The van der Waals surface area contributed by atoms with Crippen molar-refractivity contribution < 1.29 is 0 Å². The van der Waals surface area contributed by atoms with Crippen LogP contribution in [0.2, 0.25) is 0 Å². The first-order chi connectivity index (χ1) is 13.8. The summed E-state index contributed by atoms with van der Waals surface area (Å²) in [5.74, 6) is 0.890. The van der Waals surface area contributed by atoms with Crippen LogP contribution >= 0.6 is 35.3 Å². The summed E-state index contributed by atoms with van der Waals surface area (Å²) in [5, 5.41) is 11.1. The molecule has 0 amide bonds. The third-order valence-corrected chi connectivity index (χ3v) is 5.90. The molecular formula is C22H34IN5S. The number of hydrogen-bond acceptors (Lipinski definition) is 4. The molecule has 5 nitrogen and oxygen atoms in total. The van der Waals surface area contributed by atoms with Gasteiger partial charge in [0.25, 0.3) is 0 Å². The van der Waals surface area contributed by atoms with Gasteiger partial charge in [0.2, 0.25) is 0 Å². The van der Waals surface area contributed by atoms with Crippen molar-refractivity contribution in [3.8, 4) is 0 Å². The van der Waals surface area contributed by atoms with Crippen molar-refractivity contribution in [3.05, 3.63) is 58.3 Å². The van der Waals surface area contributed by atoms with E-state index in [1.165, 1.54) is 56.7 Å². The van der Waals surface area contributed by atoms with E-state index in [1.807, 2.05) is 7.05 Å². The van der Waals surface area contributed by atoms with E-state index in [-0.39, 0.29) is 24.0 Å². The van der Waals surface area contributed by atoms with Crippen molar-refractivity contribution in [3.63, 3.8) is 0 Å². The Labute approximate surface area is 196 Å². The second-order valence-corrected chi connectivity index (χ2v) is 8.07. The van der Waals surface area contributed by atoms with E-state index in [2.05, 4.69) is 72.6 Å². The van der Waals surface area contributed by atoms with Gasteiger partial charge in [-0.3, -0.25) is 9.89 Å².